The van der Waals surface area contributed by atoms with Gasteiger partial charge in [-0.25, -0.2) is 9.37 Å². The lowest BCUT2D eigenvalue weighted by atomic mass is 10.1. The molecule has 2 aromatic rings. The largest absolute Gasteiger partial charge is 0.477 e. The molecule has 0 spiro atoms. The van der Waals surface area contributed by atoms with Gasteiger partial charge in [-0.05, 0) is 37.1 Å². The van der Waals surface area contributed by atoms with Gasteiger partial charge in [0.05, 0.1) is 18.8 Å². The number of hydrogen-bond donors (Lipinski definition) is 3. The molecule has 6 heteroatoms. The summed E-state index contributed by atoms with van der Waals surface area (Å²) in [4.78, 5) is 4.27. The summed E-state index contributed by atoms with van der Waals surface area (Å²) in [6.45, 7) is 2.68. The van der Waals surface area contributed by atoms with E-state index in [2.05, 4.69) is 10.3 Å². The summed E-state index contributed by atoms with van der Waals surface area (Å²) in [5.41, 5.74) is 1.79. The van der Waals surface area contributed by atoms with Crippen LogP contribution in [-0.2, 0) is 6.54 Å². The summed E-state index contributed by atoms with van der Waals surface area (Å²) in [6.07, 6.45) is -1.12. The second-order valence-corrected chi connectivity index (χ2v) is 6.52. The zero-order chi connectivity index (χ0) is 17.8. The monoisotopic (exact) mass is 346 g/mol. The highest BCUT2D eigenvalue weighted by atomic mass is 19.1. The molecule has 1 heterocycles. The fourth-order valence-electron chi connectivity index (χ4n) is 3.13. The molecule has 3 N–H and O–H groups in total. The van der Waals surface area contributed by atoms with E-state index in [-0.39, 0.29) is 17.8 Å². The number of aromatic nitrogens is 1. The van der Waals surface area contributed by atoms with Crippen LogP contribution < -0.4 is 10.1 Å². The van der Waals surface area contributed by atoms with E-state index in [1.807, 2.05) is 19.1 Å². The van der Waals surface area contributed by atoms with E-state index in [1.54, 1.807) is 18.2 Å². The number of hydrogen-bond acceptors (Lipinski definition) is 5. The second-order valence-electron chi connectivity index (χ2n) is 6.52. The van der Waals surface area contributed by atoms with Gasteiger partial charge >= 0.3 is 0 Å². The van der Waals surface area contributed by atoms with Gasteiger partial charge in [0.2, 0.25) is 5.88 Å². The molecule has 1 fully saturated rings. The highest BCUT2D eigenvalue weighted by Crippen LogP contribution is 2.28. The molecule has 1 saturated carbocycles. The zero-order valence-corrected chi connectivity index (χ0v) is 14.1. The minimum atomic E-state index is -0.862. The molecule has 0 saturated heterocycles. The first kappa shape index (κ1) is 17.8. The topological polar surface area (TPSA) is 74.6 Å². The lowest BCUT2D eigenvalue weighted by Gasteiger charge is -2.18. The fraction of sp³-hybridized carbons (Fsp3) is 0.421. The van der Waals surface area contributed by atoms with Gasteiger partial charge in [0.15, 0.2) is 0 Å². The Bertz CT molecular complexity index is 695. The van der Waals surface area contributed by atoms with Crippen molar-refractivity contribution in [3.63, 3.8) is 0 Å². The average Bonchev–Trinajstić information content (AvgIpc) is 2.87. The maximum atomic E-state index is 12.9. The Kier molecular flexibility index (Phi) is 5.63. The van der Waals surface area contributed by atoms with E-state index < -0.39 is 12.2 Å². The molecule has 0 bridgehead atoms. The van der Waals surface area contributed by atoms with Gasteiger partial charge in [-0.1, -0.05) is 18.2 Å². The van der Waals surface area contributed by atoms with Crippen LogP contribution in [0.2, 0.25) is 0 Å². The predicted molar refractivity (Wildman–Crippen MR) is 91.6 cm³/mol. The van der Waals surface area contributed by atoms with E-state index in [4.69, 9.17) is 4.74 Å². The Labute approximate surface area is 146 Å². The molecule has 1 aromatic heterocycles. The highest BCUT2D eigenvalue weighted by molar-refractivity contribution is 5.16. The van der Waals surface area contributed by atoms with Crippen LogP contribution in [0.25, 0.3) is 0 Å². The molecule has 0 unspecified atom stereocenters. The molecule has 3 rings (SSSR count). The molecule has 5 nitrogen and oxygen atoms in total. The van der Waals surface area contributed by atoms with Gasteiger partial charge in [-0.2, -0.15) is 0 Å². The number of nitrogens with zero attached hydrogens (tertiary/aromatic N) is 1. The highest BCUT2D eigenvalue weighted by Gasteiger charge is 2.41. The number of halogens is 1. The summed E-state index contributed by atoms with van der Waals surface area (Å²) in [7, 11) is 0. The lowest BCUT2D eigenvalue weighted by molar-refractivity contribution is 0.00172. The fourth-order valence-corrected chi connectivity index (χ4v) is 3.13. The number of aliphatic hydroxyl groups is 2. The smallest absolute Gasteiger partial charge is 0.213 e. The van der Waals surface area contributed by atoms with E-state index in [1.165, 1.54) is 12.1 Å². The molecule has 0 radical (unpaired) electrons. The molecule has 25 heavy (non-hydrogen) atoms. The number of aryl methyl sites for hydroxylation is 1. The quantitative estimate of drug-likeness (QED) is 0.744. The van der Waals surface area contributed by atoms with Crippen molar-refractivity contribution < 1.29 is 19.3 Å². The number of benzene rings is 1. The molecule has 4 atom stereocenters. The summed E-state index contributed by atoms with van der Waals surface area (Å²) < 4.78 is 18.6. The SMILES string of the molecule is Cc1cccc(OC[C@H]2C[C@@H](NCc3ccc(F)cc3)[C@H](O)[C@@H]2O)n1. The first-order chi connectivity index (χ1) is 12.0. The van der Waals surface area contributed by atoms with Crippen molar-refractivity contribution in [3.05, 3.63) is 59.5 Å². The van der Waals surface area contributed by atoms with E-state index in [0.717, 1.165) is 11.3 Å². The molecular formula is C19H23FN2O3. The minimum absolute atomic E-state index is 0.178. The Balaban J connectivity index is 1.52. The zero-order valence-electron chi connectivity index (χ0n) is 14.1. The van der Waals surface area contributed by atoms with Crippen molar-refractivity contribution in [1.82, 2.24) is 10.3 Å². The average molecular weight is 346 g/mol. The van der Waals surface area contributed by atoms with Crippen LogP contribution in [-0.4, -0.2) is 40.1 Å². The van der Waals surface area contributed by atoms with Crippen LogP contribution in [0.3, 0.4) is 0 Å². The maximum absolute atomic E-state index is 12.9. The Hall–Kier alpha value is -2.02. The number of rotatable bonds is 6. The predicted octanol–water partition coefficient (Wildman–Crippen LogP) is 1.81. The first-order valence-corrected chi connectivity index (χ1v) is 8.43. The lowest BCUT2D eigenvalue weighted by Crippen LogP contribution is -2.39. The molecule has 0 amide bonds. The summed E-state index contributed by atoms with van der Waals surface area (Å²) in [5.74, 6) is 0.0643. The third-order valence-electron chi connectivity index (χ3n) is 4.59. The normalized spacial score (nSPS) is 25.9. The van der Waals surface area contributed by atoms with Gasteiger partial charge in [0.25, 0.3) is 0 Å². The van der Waals surface area contributed by atoms with Crippen molar-refractivity contribution in [3.8, 4) is 5.88 Å². The van der Waals surface area contributed by atoms with E-state index in [0.29, 0.717) is 25.5 Å². The van der Waals surface area contributed by atoms with Crippen LogP contribution >= 0.6 is 0 Å². The third kappa shape index (κ3) is 4.54. The molecule has 1 aliphatic carbocycles. The van der Waals surface area contributed by atoms with Gasteiger partial charge in [0, 0.05) is 30.3 Å². The first-order valence-electron chi connectivity index (χ1n) is 8.43. The van der Waals surface area contributed by atoms with Crippen LogP contribution in [0.1, 0.15) is 17.7 Å². The third-order valence-corrected chi connectivity index (χ3v) is 4.59. The molecule has 1 aromatic carbocycles. The van der Waals surface area contributed by atoms with Crippen molar-refractivity contribution in [2.45, 2.75) is 38.1 Å². The van der Waals surface area contributed by atoms with Crippen molar-refractivity contribution in [1.29, 1.82) is 0 Å². The number of pyridine rings is 1. The van der Waals surface area contributed by atoms with Crippen LogP contribution in [0, 0.1) is 18.7 Å². The Morgan fingerprint density at radius 1 is 1.16 bits per heavy atom. The maximum Gasteiger partial charge on any atom is 0.213 e. The van der Waals surface area contributed by atoms with Gasteiger partial charge < -0.3 is 20.3 Å². The van der Waals surface area contributed by atoms with E-state index >= 15 is 0 Å². The standard InChI is InChI=1S/C19H23FN2O3/c1-12-3-2-4-17(22-12)25-11-14-9-16(19(24)18(14)23)21-10-13-5-7-15(20)8-6-13/h2-8,14,16,18-19,21,23-24H,9-11H2,1H3/t14-,16-,18-,19+/m1/s1. The number of nitrogens with one attached hydrogen (secondary N) is 1. The molecule has 0 aliphatic heterocycles. The summed E-state index contributed by atoms with van der Waals surface area (Å²) >= 11 is 0. The Morgan fingerprint density at radius 3 is 2.64 bits per heavy atom. The molecular weight excluding hydrogens is 323 g/mol. The van der Waals surface area contributed by atoms with Crippen LogP contribution in [0.5, 0.6) is 5.88 Å². The van der Waals surface area contributed by atoms with Crippen molar-refractivity contribution in [2.24, 2.45) is 5.92 Å². The summed E-state index contributed by atoms with van der Waals surface area (Å²) in [5, 5.41) is 23.7. The molecule has 1 aliphatic rings. The number of aliphatic hydroxyl groups excluding tert-OH is 2. The van der Waals surface area contributed by atoms with Gasteiger partial charge in [0.1, 0.15) is 5.82 Å². The van der Waals surface area contributed by atoms with E-state index in [9.17, 15) is 14.6 Å². The molecule has 134 valence electrons. The van der Waals surface area contributed by atoms with Gasteiger partial charge in [-0.15, -0.1) is 0 Å². The second kappa shape index (κ2) is 7.91. The van der Waals surface area contributed by atoms with Crippen molar-refractivity contribution in [2.75, 3.05) is 6.61 Å². The van der Waals surface area contributed by atoms with Crippen LogP contribution in [0.15, 0.2) is 42.5 Å². The minimum Gasteiger partial charge on any atom is -0.477 e. The van der Waals surface area contributed by atoms with Gasteiger partial charge in [-0.3, -0.25) is 0 Å². The number of ether oxygens (including phenoxy) is 1. The van der Waals surface area contributed by atoms with Crippen LogP contribution in [0.4, 0.5) is 4.39 Å². The van der Waals surface area contributed by atoms with Crippen molar-refractivity contribution >= 4 is 0 Å². The Morgan fingerprint density at radius 2 is 1.92 bits per heavy atom. The summed E-state index contributed by atoms with van der Waals surface area (Å²) in [6, 6.07) is 11.5.